The zero-order chi connectivity index (χ0) is 14.3. The summed E-state index contributed by atoms with van der Waals surface area (Å²) in [6.45, 7) is 6.13. The van der Waals surface area contributed by atoms with Gasteiger partial charge in [-0.1, -0.05) is 51.5 Å². The molecule has 0 aliphatic carbocycles. The van der Waals surface area contributed by atoms with Crippen LogP contribution < -0.4 is 11.2 Å². The molecule has 0 fully saturated rings. The highest BCUT2D eigenvalue weighted by Crippen LogP contribution is 2.15. The molecular formula is C15H20N2O2. The van der Waals surface area contributed by atoms with E-state index in [1.165, 1.54) is 11.8 Å². The van der Waals surface area contributed by atoms with Crippen molar-refractivity contribution in [2.75, 3.05) is 0 Å². The predicted molar refractivity (Wildman–Crippen MR) is 78.5 cm³/mol. The van der Waals surface area contributed by atoms with Gasteiger partial charge in [-0.25, -0.2) is 4.79 Å². The molecule has 2 aromatic rings. The van der Waals surface area contributed by atoms with Crippen molar-refractivity contribution in [3.63, 3.8) is 0 Å². The van der Waals surface area contributed by atoms with Crippen molar-refractivity contribution < 1.29 is 0 Å². The van der Waals surface area contributed by atoms with Crippen LogP contribution in [0.25, 0.3) is 11.1 Å². The number of hydrogen-bond acceptors (Lipinski definition) is 2. The Morgan fingerprint density at radius 1 is 1.05 bits per heavy atom. The van der Waals surface area contributed by atoms with Crippen LogP contribution in [0.2, 0.25) is 0 Å². The van der Waals surface area contributed by atoms with Crippen LogP contribution in [0.1, 0.15) is 32.8 Å². The fourth-order valence-corrected chi connectivity index (χ4v) is 1.76. The molecule has 0 atom stereocenters. The molecule has 0 unspecified atom stereocenters. The van der Waals surface area contributed by atoms with Crippen LogP contribution >= 0.6 is 0 Å². The van der Waals surface area contributed by atoms with E-state index in [-0.39, 0.29) is 5.56 Å². The van der Waals surface area contributed by atoms with Crippen molar-refractivity contribution in [3.05, 3.63) is 56.9 Å². The van der Waals surface area contributed by atoms with E-state index in [0.29, 0.717) is 5.56 Å². The zero-order valence-corrected chi connectivity index (χ0v) is 11.6. The third-order valence-corrected chi connectivity index (χ3v) is 2.62. The minimum atomic E-state index is -0.485. The van der Waals surface area contributed by atoms with Gasteiger partial charge in [-0.05, 0) is 17.5 Å². The molecule has 0 radical (unpaired) electrons. The van der Waals surface area contributed by atoms with Gasteiger partial charge in [-0.2, -0.15) is 0 Å². The van der Waals surface area contributed by atoms with E-state index in [9.17, 15) is 9.59 Å². The normalized spacial score (nSPS) is 9.63. The van der Waals surface area contributed by atoms with Gasteiger partial charge in [-0.3, -0.25) is 9.78 Å². The van der Waals surface area contributed by atoms with Crippen molar-refractivity contribution in [1.29, 1.82) is 0 Å². The molecule has 0 saturated carbocycles. The van der Waals surface area contributed by atoms with Crippen LogP contribution in [0.5, 0.6) is 0 Å². The summed E-state index contributed by atoms with van der Waals surface area (Å²) in [7, 11) is 0. The first-order valence-electron chi connectivity index (χ1n) is 6.62. The Morgan fingerprint density at radius 3 is 2.21 bits per heavy atom. The Bertz CT molecular complexity index is 609. The molecule has 19 heavy (non-hydrogen) atoms. The predicted octanol–water partition coefficient (Wildman–Crippen LogP) is 2.71. The number of hydrogen-bond donors (Lipinski definition) is 2. The number of nitrogens with one attached hydrogen (secondary N) is 2. The lowest BCUT2D eigenvalue weighted by Gasteiger charge is -2.02. The summed E-state index contributed by atoms with van der Waals surface area (Å²) in [5.41, 5.74) is 1.69. The second-order valence-corrected chi connectivity index (χ2v) is 3.93. The highest BCUT2D eigenvalue weighted by atomic mass is 16.2. The van der Waals surface area contributed by atoms with Crippen LogP contribution in [-0.2, 0) is 6.42 Å². The second kappa shape index (κ2) is 7.36. The lowest BCUT2D eigenvalue weighted by Crippen LogP contribution is -2.22. The lowest BCUT2D eigenvalue weighted by molar-refractivity contribution is 0.922. The van der Waals surface area contributed by atoms with Gasteiger partial charge in [0, 0.05) is 6.20 Å². The maximum absolute atomic E-state index is 11.6. The summed E-state index contributed by atoms with van der Waals surface area (Å²) in [5.74, 6) is 0. The molecule has 0 aliphatic rings. The summed E-state index contributed by atoms with van der Waals surface area (Å²) in [6.07, 6.45) is 3.57. The van der Waals surface area contributed by atoms with Gasteiger partial charge in [0.2, 0.25) is 0 Å². The molecule has 2 N–H and O–H groups in total. The molecule has 1 aromatic carbocycles. The standard InChI is InChI=1S/C13H14N2O2.C2H6/c1-2-3-9-4-6-10(7-5-9)11-8-14-13(17)15-12(11)16;1-2/h4-8H,2-3H2,1H3,(H2,14,15,16,17);1-2H3. The molecule has 4 heteroatoms. The van der Waals surface area contributed by atoms with E-state index in [0.717, 1.165) is 18.4 Å². The maximum Gasteiger partial charge on any atom is 0.325 e. The van der Waals surface area contributed by atoms with Gasteiger partial charge in [0.05, 0.1) is 5.56 Å². The molecule has 2 rings (SSSR count). The molecule has 4 nitrogen and oxygen atoms in total. The first kappa shape index (κ1) is 15.0. The SMILES string of the molecule is CC.CCCc1ccc(-c2c[nH]c(=O)[nH]c2=O)cc1. The van der Waals surface area contributed by atoms with Crippen LogP contribution in [0.15, 0.2) is 40.1 Å². The van der Waals surface area contributed by atoms with Gasteiger partial charge in [-0.15, -0.1) is 0 Å². The van der Waals surface area contributed by atoms with Crippen molar-refractivity contribution >= 4 is 0 Å². The third kappa shape index (κ3) is 3.95. The minimum Gasteiger partial charge on any atom is -0.313 e. The average molecular weight is 260 g/mol. The van der Waals surface area contributed by atoms with Crippen LogP contribution in [0.3, 0.4) is 0 Å². The summed E-state index contributed by atoms with van der Waals surface area (Å²) < 4.78 is 0. The van der Waals surface area contributed by atoms with Gasteiger partial charge < -0.3 is 4.98 Å². The summed E-state index contributed by atoms with van der Waals surface area (Å²) in [5, 5.41) is 0. The van der Waals surface area contributed by atoms with E-state index in [1.54, 1.807) is 0 Å². The summed E-state index contributed by atoms with van der Waals surface area (Å²) in [6, 6.07) is 7.80. The van der Waals surface area contributed by atoms with Crippen molar-refractivity contribution in [2.45, 2.75) is 33.6 Å². The minimum absolute atomic E-state index is 0.364. The van der Waals surface area contributed by atoms with E-state index in [2.05, 4.69) is 16.9 Å². The van der Waals surface area contributed by atoms with E-state index in [1.807, 2.05) is 38.1 Å². The molecule has 0 saturated heterocycles. The largest absolute Gasteiger partial charge is 0.325 e. The molecule has 0 aliphatic heterocycles. The molecule has 0 bridgehead atoms. The van der Waals surface area contributed by atoms with Crippen molar-refractivity contribution in [2.24, 2.45) is 0 Å². The topological polar surface area (TPSA) is 65.7 Å². The second-order valence-electron chi connectivity index (χ2n) is 3.93. The highest BCUT2D eigenvalue weighted by molar-refractivity contribution is 5.61. The van der Waals surface area contributed by atoms with Crippen LogP contribution in [-0.4, -0.2) is 9.97 Å². The van der Waals surface area contributed by atoms with Crippen molar-refractivity contribution in [1.82, 2.24) is 9.97 Å². The number of aromatic amines is 2. The Kier molecular flexibility index (Phi) is 5.79. The Morgan fingerprint density at radius 2 is 1.68 bits per heavy atom. The quantitative estimate of drug-likeness (QED) is 0.891. The highest BCUT2D eigenvalue weighted by Gasteiger charge is 2.03. The van der Waals surface area contributed by atoms with E-state index >= 15 is 0 Å². The fourth-order valence-electron chi connectivity index (χ4n) is 1.76. The first-order chi connectivity index (χ1) is 9.20. The smallest absolute Gasteiger partial charge is 0.313 e. The van der Waals surface area contributed by atoms with Crippen LogP contribution in [0, 0.1) is 0 Å². The molecule has 0 amide bonds. The molecular weight excluding hydrogens is 240 g/mol. The maximum atomic E-state index is 11.6. The molecule has 1 aromatic heterocycles. The number of benzene rings is 1. The fraction of sp³-hybridized carbons (Fsp3) is 0.333. The number of aryl methyl sites for hydroxylation is 1. The lowest BCUT2D eigenvalue weighted by atomic mass is 10.0. The molecule has 0 spiro atoms. The average Bonchev–Trinajstić information content (AvgIpc) is 2.43. The summed E-state index contributed by atoms with van der Waals surface area (Å²) in [4.78, 5) is 27.2. The van der Waals surface area contributed by atoms with E-state index in [4.69, 9.17) is 0 Å². The third-order valence-electron chi connectivity index (χ3n) is 2.62. The zero-order valence-electron chi connectivity index (χ0n) is 11.6. The Labute approximate surface area is 112 Å². The summed E-state index contributed by atoms with van der Waals surface area (Å²) >= 11 is 0. The van der Waals surface area contributed by atoms with Gasteiger partial charge >= 0.3 is 5.69 Å². The van der Waals surface area contributed by atoms with Gasteiger partial charge in [0.25, 0.3) is 5.56 Å². The van der Waals surface area contributed by atoms with Gasteiger partial charge in [0.1, 0.15) is 0 Å². The van der Waals surface area contributed by atoms with Crippen LogP contribution in [0.4, 0.5) is 0 Å². The molecule has 1 heterocycles. The Hall–Kier alpha value is -2.10. The Balaban J connectivity index is 0.000000861. The monoisotopic (exact) mass is 260 g/mol. The number of aromatic nitrogens is 2. The first-order valence-corrected chi connectivity index (χ1v) is 6.62. The van der Waals surface area contributed by atoms with Crippen molar-refractivity contribution in [3.8, 4) is 11.1 Å². The van der Waals surface area contributed by atoms with Gasteiger partial charge in [0.15, 0.2) is 0 Å². The number of rotatable bonds is 3. The van der Waals surface area contributed by atoms with E-state index < -0.39 is 5.69 Å². The molecule has 102 valence electrons. The number of H-pyrrole nitrogens is 2.